The molecule has 1 saturated heterocycles. The Morgan fingerprint density at radius 2 is 2.06 bits per heavy atom. The molecule has 2 aromatic heterocycles. The van der Waals surface area contributed by atoms with Gasteiger partial charge in [-0.2, -0.15) is 0 Å². The van der Waals surface area contributed by atoms with Crippen molar-refractivity contribution >= 4 is 21.4 Å². The van der Waals surface area contributed by atoms with Gasteiger partial charge in [-0.1, -0.05) is 0 Å². The molecule has 0 aromatic carbocycles. The van der Waals surface area contributed by atoms with E-state index in [9.17, 15) is 0 Å². The molecule has 1 fully saturated rings. The van der Waals surface area contributed by atoms with E-state index in [0.717, 1.165) is 4.47 Å². The molecule has 0 N–H and O–H groups in total. The average molecular weight is 294 g/mol. The predicted molar refractivity (Wildman–Crippen MR) is 72.4 cm³/mol. The molecule has 3 nitrogen and oxygen atoms in total. The smallest absolute Gasteiger partial charge is 0.116 e. The Labute approximate surface area is 110 Å². The molecule has 0 spiro atoms. The molecule has 3 heterocycles. The topological polar surface area (TPSA) is 20.5 Å². The lowest BCUT2D eigenvalue weighted by Gasteiger charge is -2.28. The van der Waals surface area contributed by atoms with Crippen molar-refractivity contribution in [1.29, 1.82) is 0 Å². The fourth-order valence-corrected chi connectivity index (χ4v) is 2.89. The molecule has 17 heavy (non-hydrogen) atoms. The molecule has 3 rings (SSSR count). The van der Waals surface area contributed by atoms with Crippen molar-refractivity contribution in [2.45, 2.75) is 18.8 Å². The number of aromatic nitrogens is 2. The number of halogens is 1. The van der Waals surface area contributed by atoms with E-state index in [0.29, 0.717) is 5.92 Å². The lowest BCUT2D eigenvalue weighted by molar-refractivity contribution is 0.251. The highest BCUT2D eigenvalue weighted by molar-refractivity contribution is 9.10. The number of fused-ring (bicyclic) bond motifs is 1. The van der Waals surface area contributed by atoms with Crippen LogP contribution >= 0.6 is 15.9 Å². The zero-order valence-electron chi connectivity index (χ0n) is 9.93. The zero-order valence-corrected chi connectivity index (χ0v) is 11.5. The summed E-state index contributed by atoms with van der Waals surface area (Å²) in [7, 11) is 2.19. The monoisotopic (exact) mass is 293 g/mol. The van der Waals surface area contributed by atoms with Crippen molar-refractivity contribution < 1.29 is 0 Å². The number of hydrogen-bond acceptors (Lipinski definition) is 2. The first-order valence-electron chi connectivity index (χ1n) is 6.05. The molecule has 1 aliphatic rings. The molecule has 0 saturated carbocycles. The van der Waals surface area contributed by atoms with Crippen LogP contribution in [-0.4, -0.2) is 34.4 Å². The largest absolute Gasteiger partial charge is 0.306 e. The maximum Gasteiger partial charge on any atom is 0.116 e. The van der Waals surface area contributed by atoms with E-state index in [4.69, 9.17) is 0 Å². The maximum absolute atomic E-state index is 4.61. The van der Waals surface area contributed by atoms with Gasteiger partial charge in [0.15, 0.2) is 0 Å². The van der Waals surface area contributed by atoms with E-state index in [-0.39, 0.29) is 0 Å². The van der Waals surface area contributed by atoms with Crippen LogP contribution in [0.25, 0.3) is 5.52 Å². The fraction of sp³-hybridized carbons (Fsp3) is 0.462. The molecule has 90 valence electrons. The first-order valence-corrected chi connectivity index (χ1v) is 6.84. The Morgan fingerprint density at radius 3 is 2.82 bits per heavy atom. The molecule has 4 heteroatoms. The van der Waals surface area contributed by atoms with Gasteiger partial charge >= 0.3 is 0 Å². The summed E-state index contributed by atoms with van der Waals surface area (Å²) in [5.41, 5.74) is 1.18. The Kier molecular flexibility index (Phi) is 2.92. The van der Waals surface area contributed by atoms with Crippen molar-refractivity contribution in [3.63, 3.8) is 0 Å². The number of likely N-dealkylation sites (tertiary alicyclic amines) is 1. The van der Waals surface area contributed by atoms with Crippen molar-refractivity contribution in [2.75, 3.05) is 20.1 Å². The third kappa shape index (κ3) is 2.11. The van der Waals surface area contributed by atoms with Gasteiger partial charge in [-0.3, -0.25) is 0 Å². The van der Waals surface area contributed by atoms with Crippen LogP contribution < -0.4 is 0 Å². The van der Waals surface area contributed by atoms with Crippen LogP contribution in [0.3, 0.4) is 0 Å². The van der Waals surface area contributed by atoms with E-state index in [2.05, 4.69) is 55.6 Å². The minimum absolute atomic E-state index is 0.600. The standard InChI is InChI=1S/C13H16BrN3/c1-16-6-4-10(5-7-16)13-15-8-12-3-2-11(14)9-17(12)13/h2-3,8-10H,4-7H2,1H3. The summed E-state index contributed by atoms with van der Waals surface area (Å²) in [6, 6.07) is 4.17. The molecule has 0 aliphatic carbocycles. The molecule has 0 atom stereocenters. The lowest BCUT2D eigenvalue weighted by Crippen LogP contribution is -2.29. The molecule has 0 amide bonds. The molecule has 1 aliphatic heterocycles. The minimum atomic E-state index is 0.600. The van der Waals surface area contributed by atoms with Crippen molar-refractivity contribution in [1.82, 2.24) is 14.3 Å². The van der Waals surface area contributed by atoms with Gasteiger partial charge in [-0.25, -0.2) is 4.98 Å². The highest BCUT2D eigenvalue weighted by Crippen LogP contribution is 2.27. The third-order valence-electron chi connectivity index (χ3n) is 3.60. The Balaban J connectivity index is 1.97. The quantitative estimate of drug-likeness (QED) is 0.806. The summed E-state index contributed by atoms with van der Waals surface area (Å²) in [6.07, 6.45) is 6.51. The van der Waals surface area contributed by atoms with Crippen LogP contribution in [0.2, 0.25) is 0 Å². The number of pyridine rings is 1. The highest BCUT2D eigenvalue weighted by atomic mass is 79.9. The second kappa shape index (κ2) is 4.42. The molecule has 2 aromatic rings. The second-order valence-corrected chi connectivity index (χ2v) is 5.75. The van der Waals surface area contributed by atoms with Gasteiger partial charge in [0, 0.05) is 16.6 Å². The summed E-state index contributed by atoms with van der Waals surface area (Å²) in [4.78, 5) is 7.00. The van der Waals surface area contributed by atoms with Gasteiger partial charge in [0.05, 0.1) is 11.7 Å². The molecule has 0 radical (unpaired) electrons. The van der Waals surface area contributed by atoms with Crippen LogP contribution in [0.1, 0.15) is 24.6 Å². The van der Waals surface area contributed by atoms with Gasteiger partial charge in [0.25, 0.3) is 0 Å². The SMILES string of the molecule is CN1CCC(c2ncc3ccc(Br)cn23)CC1. The van der Waals surface area contributed by atoms with Crippen LogP contribution in [0.15, 0.2) is 29.0 Å². The summed E-state index contributed by atoms with van der Waals surface area (Å²) >= 11 is 3.53. The van der Waals surface area contributed by atoms with Gasteiger partial charge in [0.1, 0.15) is 5.82 Å². The van der Waals surface area contributed by atoms with Gasteiger partial charge in [-0.15, -0.1) is 0 Å². The van der Waals surface area contributed by atoms with E-state index < -0.39 is 0 Å². The van der Waals surface area contributed by atoms with Crippen LogP contribution in [-0.2, 0) is 0 Å². The van der Waals surface area contributed by atoms with Crippen LogP contribution in [0, 0.1) is 0 Å². The van der Waals surface area contributed by atoms with Crippen molar-refractivity contribution in [3.05, 3.63) is 34.8 Å². The molecular formula is C13H16BrN3. The minimum Gasteiger partial charge on any atom is -0.306 e. The average Bonchev–Trinajstić information content (AvgIpc) is 2.73. The highest BCUT2D eigenvalue weighted by Gasteiger charge is 2.21. The summed E-state index contributed by atoms with van der Waals surface area (Å²) in [6.45, 7) is 2.35. The normalized spacial score (nSPS) is 18.9. The first-order chi connectivity index (χ1) is 8.24. The van der Waals surface area contributed by atoms with E-state index in [1.165, 1.54) is 37.3 Å². The summed E-state index contributed by atoms with van der Waals surface area (Å²) in [5.74, 6) is 1.82. The number of hydrogen-bond donors (Lipinski definition) is 0. The molecular weight excluding hydrogens is 278 g/mol. The first kappa shape index (κ1) is 11.2. The van der Waals surface area contributed by atoms with Crippen LogP contribution in [0.4, 0.5) is 0 Å². The Morgan fingerprint density at radius 1 is 1.29 bits per heavy atom. The lowest BCUT2D eigenvalue weighted by atomic mass is 9.96. The number of rotatable bonds is 1. The zero-order chi connectivity index (χ0) is 11.8. The fourth-order valence-electron chi connectivity index (χ4n) is 2.55. The van der Waals surface area contributed by atoms with E-state index >= 15 is 0 Å². The Hall–Kier alpha value is -0.870. The van der Waals surface area contributed by atoms with Crippen LogP contribution in [0.5, 0.6) is 0 Å². The van der Waals surface area contributed by atoms with Gasteiger partial charge in [-0.05, 0) is 61.0 Å². The summed E-state index contributed by atoms with van der Waals surface area (Å²) in [5, 5.41) is 0. The Bertz CT molecular complexity index is 526. The molecule has 0 unspecified atom stereocenters. The van der Waals surface area contributed by atoms with Crippen molar-refractivity contribution in [2.24, 2.45) is 0 Å². The van der Waals surface area contributed by atoms with E-state index in [1.807, 2.05) is 6.20 Å². The van der Waals surface area contributed by atoms with Gasteiger partial charge in [0.2, 0.25) is 0 Å². The summed E-state index contributed by atoms with van der Waals surface area (Å²) < 4.78 is 3.33. The predicted octanol–water partition coefficient (Wildman–Crippen LogP) is 2.91. The maximum atomic E-state index is 4.61. The van der Waals surface area contributed by atoms with E-state index in [1.54, 1.807) is 0 Å². The number of nitrogens with zero attached hydrogens (tertiary/aromatic N) is 3. The third-order valence-corrected chi connectivity index (χ3v) is 4.07. The number of piperidine rings is 1. The van der Waals surface area contributed by atoms with Crippen molar-refractivity contribution in [3.8, 4) is 0 Å². The number of imidazole rings is 1. The molecule has 0 bridgehead atoms. The van der Waals surface area contributed by atoms with Gasteiger partial charge < -0.3 is 9.30 Å². The second-order valence-electron chi connectivity index (χ2n) is 4.84.